The van der Waals surface area contributed by atoms with E-state index in [0.29, 0.717) is 17.5 Å². The summed E-state index contributed by atoms with van der Waals surface area (Å²) < 4.78 is 0. The summed E-state index contributed by atoms with van der Waals surface area (Å²) in [5.41, 5.74) is 7.53. The summed E-state index contributed by atoms with van der Waals surface area (Å²) in [6.45, 7) is 4.18. The molecule has 1 aromatic rings. The number of nitrogens with two attached hydrogens (primary N) is 1. The number of fused-ring (bicyclic) bond motifs is 1. The second-order valence-corrected chi connectivity index (χ2v) is 6.72. The smallest absolute Gasteiger partial charge is 0.150 e. The van der Waals surface area contributed by atoms with Gasteiger partial charge in [0.2, 0.25) is 0 Å². The van der Waals surface area contributed by atoms with Crippen LogP contribution in [0.4, 0.5) is 11.5 Å². The van der Waals surface area contributed by atoms with Gasteiger partial charge < -0.3 is 16.0 Å². The maximum Gasteiger partial charge on any atom is 0.150 e. The number of aromatic nitrogens is 2. The minimum atomic E-state index is 0.310. The molecule has 0 radical (unpaired) electrons. The number of hydrogen-bond acceptors (Lipinski definition) is 5. The molecule has 5 heteroatoms. The average Bonchev–Trinajstić information content (AvgIpc) is 2.41. The molecule has 4 rings (SSSR count). The lowest BCUT2D eigenvalue weighted by molar-refractivity contribution is -0.0916. The van der Waals surface area contributed by atoms with E-state index in [1.165, 1.54) is 25.7 Å². The van der Waals surface area contributed by atoms with Crippen LogP contribution in [0.15, 0.2) is 12.3 Å². The average molecular weight is 273 g/mol. The molecule has 3 atom stereocenters. The molecule has 0 spiro atoms. The van der Waals surface area contributed by atoms with Crippen molar-refractivity contribution < 1.29 is 0 Å². The van der Waals surface area contributed by atoms with Gasteiger partial charge in [0.25, 0.3) is 0 Å². The molecule has 2 heterocycles. The second-order valence-electron chi connectivity index (χ2n) is 6.72. The van der Waals surface area contributed by atoms with Gasteiger partial charge >= 0.3 is 0 Å². The fourth-order valence-electron chi connectivity index (χ4n) is 4.31. The van der Waals surface area contributed by atoms with Crippen LogP contribution in [-0.2, 0) is 0 Å². The number of nitrogens with zero attached hydrogens (tertiary/aromatic N) is 3. The maximum atomic E-state index is 5.84. The fourth-order valence-corrected chi connectivity index (χ4v) is 4.31. The highest BCUT2D eigenvalue weighted by molar-refractivity contribution is 5.55. The summed E-state index contributed by atoms with van der Waals surface area (Å²) in [5, 5.41) is 12.0. The predicted molar refractivity (Wildman–Crippen MR) is 79.7 cm³/mol. The Kier molecular flexibility index (Phi) is 2.67. The minimum Gasteiger partial charge on any atom is -0.367 e. The Morgan fingerprint density at radius 1 is 1.50 bits per heavy atom. The maximum absolute atomic E-state index is 5.84. The van der Waals surface area contributed by atoms with Crippen molar-refractivity contribution in [1.29, 1.82) is 0 Å². The SMILES string of the molecule is CCC12CCC1CC2Nc1cc(N2CC(N)C2)cnn1. The summed E-state index contributed by atoms with van der Waals surface area (Å²) in [6, 6.07) is 3.02. The lowest BCUT2D eigenvalue weighted by Gasteiger charge is -2.64. The first-order chi connectivity index (χ1) is 9.71. The van der Waals surface area contributed by atoms with Crippen molar-refractivity contribution >= 4 is 11.5 Å². The van der Waals surface area contributed by atoms with Crippen LogP contribution in [0.2, 0.25) is 0 Å². The Bertz CT molecular complexity index is 509. The van der Waals surface area contributed by atoms with Gasteiger partial charge in [0.05, 0.1) is 11.9 Å². The molecule has 0 bridgehead atoms. The minimum absolute atomic E-state index is 0.310. The molecule has 1 aromatic heterocycles. The highest BCUT2D eigenvalue weighted by Crippen LogP contribution is 2.63. The van der Waals surface area contributed by atoms with Crippen molar-refractivity contribution in [3.05, 3.63) is 12.3 Å². The van der Waals surface area contributed by atoms with E-state index in [9.17, 15) is 0 Å². The zero-order chi connectivity index (χ0) is 13.7. The predicted octanol–water partition coefficient (Wildman–Crippen LogP) is 1.61. The van der Waals surface area contributed by atoms with Gasteiger partial charge in [-0.2, -0.15) is 5.10 Å². The zero-order valence-electron chi connectivity index (χ0n) is 12.0. The van der Waals surface area contributed by atoms with Crippen LogP contribution in [0.3, 0.4) is 0 Å². The van der Waals surface area contributed by atoms with Crippen molar-refractivity contribution in [3.63, 3.8) is 0 Å². The van der Waals surface area contributed by atoms with E-state index >= 15 is 0 Å². The lowest BCUT2D eigenvalue weighted by atomic mass is 9.44. The number of anilines is 2. The normalized spacial score (nSPS) is 35.6. The molecule has 3 fully saturated rings. The third-order valence-electron chi connectivity index (χ3n) is 5.88. The first kappa shape index (κ1) is 12.4. The van der Waals surface area contributed by atoms with Gasteiger partial charge in [-0.1, -0.05) is 6.92 Å². The van der Waals surface area contributed by atoms with Gasteiger partial charge in [-0.25, -0.2) is 0 Å². The van der Waals surface area contributed by atoms with Crippen molar-refractivity contribution in [2.75, 3.05) is 23.3 Å². The quantitative estimate of drug-likeness (QED) is 0.872. The monoisotopic (exact) mass is 273 g/mol. The molecule has 0 aromatic carbocycles. The third kappa shape index (κ3) is 1.65. The zero-order valence-corrected chi connectivity index (χ0v) is 12.0. The van der Waals surface area contributed by atoms with Gasteiger partial charge in [-0.15, -0.1) is 5.10 Å². The largest absolute Gasteiger partial charge is 0.367 e. The number of rotatable bonds is 4. The molecule has 3 N–H and O–H groups in total. The van der Waals surface area contributed by atoms with Crippen LogP contribution in [0.25, 0.3) is 0 Å². The van der Waals surface area contributed by atoms with Gasteiger partial charge in [0.15, 0.2) is 5.82 Å². The Balaban J connectivity index is 1.45. The van der Waals surface area contributed by atoms with E-state index in [-0.39, 0.29) is 0 Å². The van der Waals surface area contributed by atoms with Crippen molar-refractivity contribution in [2.45, 2.75) is 44.7 Å². The molecule has 2 aliphatic carbocycles. The Labute approximate surface area is 119 Å². The van der Waals surface area contributed by atoms with E-state index in [0.717, 1.165) is 30.5 Å². The highest BCUT2D eigenvalue weighted by atomic mass is 15.3. The second kappa shape index (κ2) is 4.32. The first-order valence-corrected chi connectivity index (χ1v) is 7.81. The fraction of sp³-hybridized carbons (Fsp3) is 0.733. The molecular weight excluding hydrogens is 250 g/mol. The summed E-state index contributed by atoms with van der Waals surface area (Å²) in [7, 11) is 0. The van der Waals surface area contributed by atoms with Crippen LogP contribution in [-0.4, -0.2) is 35.4 Å². The molecule has 3 aliphatic rings. The van der Waals surface area contributed by atoms with Gasteiger partial charge in [0.1, 0.15) is 0 Å². The summed E-state index contributed by atoms with van der Waals surface area (Å²) in [4.78, 5) is 2.26. The van der Waals surface area contributed by atoms with E-state index in [4.69, 9.17) is 5.73 Å². The van der Waals surface area contributed by atoms with Crippen LogP contribution in [0, 0.1) is 11.3 Å². The van der Waals surface area contributed by atoms with Gasteiger partial charge in [0, 0.05) is 31.2 Å². The van der Waals surface area contributed by atoms with Crippen molar-refractivity contribution in [2.24, 2.45) is 17.1 Å². The van der Waals surface area contributed by atoms with E-state index in [1.807, 2.05) is 6.20 Å². The number of hydrogen-bond donors (Lipinski definition) is 2. The standard InChI is InChI=1S/C15H23N5/c1-2-15-4-3-10(15)5-13(15)18-14-6-12(7-17-19-14)20-8-11(16)9-20/h6-7,10-11,13H,2-5,8-9,16H2,1H3,(H,18,19). The van der Waals surface area contributed by atoms with Crippen molar-refractivity contribution in [1.82, 2.24) is 10.2 Å². The molecule has 5 nitrogen and oxygen atoms in total. The van der Waals surface area contributed by atoms with E-state index in [2.05, 4.69) is 33.4 Å². The Morgan fingerprint density at radius 2 is 2.35 bits per heavy atom. The topological polar surface area (TPSA) is 67.1 Å². The Hall–Kier alpha value is -1.36. The first-order valence-electron chi connectivity index (χ1n) is 7.81. The number of nitrogens with one attached hydrogen (secondary N) is 1. The summed E-state index contributed by atoms with van der Waals surface area (Å²) in [6.07, 6.45) is 7.21. The molecule has 108 valence electrons. The molecule has 1 aliphatic heterocycles. The van der Waals surface area contributed by atoms with Crippen LogP contribution in [0.5, 0.6) is 0 Å². The lowest BCUT2D eigenvalue weighted by Crippen LogP contribution is -2.62. The molecule has 20 heavy (non-hydrogen) atoms. The van der Waals surface area contributed by atoms with E-state index < -0.39 is 0 Å². The van der Waals surface area contributed by atoms with Crippen molar-refractivity contribution in [3.8, 4) is 0 Å². The molecule has 0 amide bonds. The van der Waals surface area contributed by atoms with Crippen LogP contribution in [0.1, 0.15) is 32.6 Å². The molecule has 2 saturated carbocycles. The third-order valence-corrected chi connectivity index (χ3v) is 5.88. The summed E-state index contributed by atoms with van der Waals surface area (Å²) in [5.74, 6) is 1.88. The van der Waals surface area contributed by atoms with Crippen LogP contribution >= 0.6 is 0 Å². The highest BCUT2D eigenvalue weighted by Gasteiger charge is 2.59. The van der Waals surface area contributed by atoms with Gasteiger partial charge in [-0.05, 0) is 37.0 Å². The molecule has 1 saturated heterocycles. The molecular formula is C15H23N5. The van der Waals surface area contributed by atoms with Gasteiger partial charge in [-0.3, -0.25) is 0 Å². The molecule has 3 unspecified atom stereocenters. The Morgan fingerprint density at radius 3 is 2.95 bits per heavy atom. The van der Waals surface area contributed by atoms with E-state index in [1.54, 1.807) is 0 Å². The summed E-state index contributed by atoms with van der Waals surface area (Å²) >= 11 is 0. The van der Waals surface area contributed by atoms with Crippen LogP contribution < -0.4 is 16.0 Å².